The molecule has 5 atom stereocenters. The maximum atomic E-state index is 13.0. The molecule has 93 heavy (non-hydrogen) atoms. The van der Waals surface area contributed by atoms with Crippen LogP contribution in [0.4, 0.5) is 0 Å². The largest absolute Gasteiger partial charge is 0.472 e. The number of aliphatic hydroxyl groups excluding tert-OH is 2. The molecule has 5 unspecified atom stereocenters. The Bertz CT molecular complexity index is 2370. The molecule has 18 heteroatoms. The number of phosphoric ester groups is 2. The molecule has 0 aliphatic carbocycles. The van der Waals surface area contributed by atoms with Crippen LogP contribution >= 0.6 is 15.6 Å². The van der Waals surface area contributed by atoms with Gasteiger partial charge >= 0.3 is 33.6 Å². The quantitative estimate of drug-likeness (QED) is 0.0146. The second kappa shape index (κ2) is 66.9. The number of hydrogen-bond donors (Lipinski definition) is 4. The van der Waals surface area contributed by atoms with Crippen molar-refractivity contribution in [3.8, 4) is 0 Å². The van der Waals surface area contributed by atoms with Gasteiger partial charge in [0.25, 0.3) is 0 Å². The van der Waals surface area contributed by atoms with Crippen LogP contribution in [0, 0.1) is 0 Å². The lowest BCUT2D eigenvalue weighted by Gasteiger charge is -2.21. The van der Waals surface area contributed by atoms with Gasteiger partial charge < -0.3 is 34.2 Å². The third kappa shape index (κ3) is 68.1. The minimum absolute atomic E-state index is 0.0534. The summed E-state index contributed by atoms with van der Waals surface area (Å²) in [7, 11) is -9.83. The molecule has 0 amide bonds. The van der Waals surface area contributed by atoms with Gasteiger partial charge in [0.15, 0.2) is 6.10 Å². The van der Waals surface area contributed by atoms with Crippen LogP contribution in [0.3, 0.4) is 0 Å². The fraction of sp³-hybridized carbons (Fsp3) is 0.587. The number of hydrogen-bond acceptors (Lipinski definition) is 14. The summed E-state index contributed by atoms with van der Waals surface area (Å²) in [6.45, 7) is 2.23. The first-order valence-corrected chi connectivity index (χ1v) is 37.4. The molecule has 16 nitrogen and oxygen atoms in total. The van der Waals surface area contributed by atoms with Gasteiger partial charge in [-0.25, -0.2) is 9.13 Å². The fourth-order valence-electron chi connectivity index (χ4n) is 8.22. The highest BCUT2D eigenvalue weighted by Gasteiger charge is 2.29. The molecule has 0 fully saturated rings. The Kier molecular flexibility index (Phi) is 63.2. The molecule has 0 spiro atoms. The molecule has 0 heterocycles. The van der Waals surface area contributed by atoms with Crippen molar-refractivity contribution in [2.24, 2.45) is 0 Å². The SMILES string of the molecule is CC/C=C\C/C=C\C/C=C\C/C=C\C/C=C\C/C=C\CCC(=O)OCC(O)COP(=O)(O)OCC(O)COP(=O)(O)OCC(COC(=O)CCCCC/C=C\C/C=C\C/C=C\C/C=C\C/C=C\CC)OC(=O)CCCCCCCC/C=C\C/C=C\C/C=C\CCCCC. The molecule has 0 rings (SSSR count). The fourth-order valence-corrected chi connectivity index (χ4v) is 9.80. The van der Waals surface area contributed by atoms with Crippen molar-refractivity contribution in [1.82, 2.24) is 0 Å². The molecule has 0 radical (unpaired) electrons. The summed E-state index contributed by atoms with van der Waals surface area (Å²) < 4.78 is 60.8. The Labute approximate surface area is 561 Å². The predicted molar refractivity (Wildman–Crippen MR) is 380 cm³/mol. The zero-order valence-corrected chi connectivity index (χ0v) is 58.6. The maximum absolute atomic E-state index is 13.0. The van der Waals surface area contributed by atoms with Gasteiger partial charge in [0, 0.05) is 19.3 Å². The number of rotatable bonds is 63. The van der Waals surface area contributed by atoms with E-state index in [9.17, 15) is 43.5 Å². The molecule has 4 N–H and O–H groups in total. The molecule has 0 saturated heterocycles. The van der Waals surface area contributed by atoms with E-state index in [-0.39, 0.29) is 19.3 Å². The average molecular weight is 1340 g/mol. The zero-order valence-electron chi connectivity index (χ0n) is 56.9. The van der Waals surface area contributed by atoms with Crippen molar-refractivity contribution in [1.29, 1.82) is 0 Å². The van der Waals surface area contributed by atoms with E-state index in [1.807, 2.05) is 18.2 Å². The summed E-state index contributed by atoms with van der Waals surface area (Å²) in [4.78, 5) is 58.4. The van der Waals surface area contributed by atoms with Crippen LogP contribution < -0.4 is 0 Å². The molecular weight excluding hydrogens is 1220 g/mol. The van der Waals surface area contributed by atoms with Crippen LogP contribution in [-0.4, -0.2) is 95.9 Å². The van der Waals surface area contributed by atoms with Gasteiger partial charge in [-0.15, -0.1) is 0 Å². The van der Waals surface area contributed by atoms with Crippen molar-refractivity contribution < 1.29 is 75.8 Å². The Morgan fingerprint density at radius 1 is 0.312 bits per heavy atom. The summed E-state index contributed by atoms with van der Waals surface area (Å²) in [5, 5.41) is 20.5. The maximum Gasteiger partial charge on any atom is 0.472 e. The second-order valence-electron chi connectivity index (χ2n) is 22.2. The van der Waals surface area contributed by atoms with Crippen molar-refractivity contribution >= 4 is 33.6 Å². The lowest BCUT2D eigenvalue weighted by Crippen LogP contribution is -2.30. The van der Waals surface area contributed by atoms with Gasteiger partial charge in [-0.3, -0.25) is 32.5 Å². The van der Waals surface area contributed by atoms with Crippen LogP contribution in [0.5, 0.6) is 0 Å². The highest BCUT2D eigenvalue weighted by atomic mass is 31.2. The minimum Gasteiger partial charge on any atom is -0.463 e. The molecular formula is C75H120O16P2. The van der Waals surface area contributed by atoms with E-state index in [1.165, 1.54) is 19.3 Å². The number of carbonyl (C=O) groups is 3. The number of carbonyl (C=O) groups excluding carboxylic acids is 3. The number of phosphoric acid groups is 2. The summed E-state index contributed by atoms with van der Waals surface area (Å²) in [5.41, 5.74) is 0. The first-order chi connectivity index (χ1) is 45.2. The van der Waals surface area contributed by atoms with E-state index in [2.05, 4.69) is 173 Å². The van der Waals surface area contributed by atoms with E-state index in [0.717, 1.165) is 141 Å². The number of allylic oxidation sites excluding steroid dienone is 28. The molecule has 0 aliphatic heterocycles. The first kappa shape index (κ1) is 87.9. The smallest absolute Gasteiger partial charge is 0.463 e. The van der Waals surface area contributed by atoms with Crippen LogP contribution in [0.15, 0.2) is 170 Å². The monoisotopic (exact) mass is 1340 g/mol. The zero-order chi connectivity index (χ0) is 68.1. The lowest BCUT2D eigenvalue weighted by molar-refractivity contribution is -0.161. The van der Waals surface area contributed by atoms with Crippen LogP contribution in [0.2, 0.25) is 0 Å². The minimum atomic E-state index is -4.95. The predicted octanol–water partition coefficient (Wildman–Crippen LogP) is 19.3. The summed E-state index contributed by atoms with van der Waals surface area (Å²) in [6.07, 6.45) is 82.7. The van der Waals surface area contributed by atoms with Crippen molar-refractivity contribution in [3.05, 3.63) is 170 Å². The van der Waals surface area contributed by atoms with Crippen molar-refractivity contribution in [2.45, 2.75) is 245 Å². The molecule has 526 valence electrons. The summed E-state index contributed by atoms with van der Waals surface area (Å²) in [5.74, 6) is -1.73. The number of esters is 3. The molecule has 0 saturated carbocycles. The van der Waals surface area contributed by atoms with Gasteiger partial charge in [0.1, 0.15) is 25.4 Å². The number of unbranched alkanes of at least 4 members (excludes halogenated alkanes) is 12. The van der Waals surface area contributed by atoms with E-state index in [4.69, 9.17) is 32.3 Å². The molecule has 0 aromatic rings. The highest BCUT2D eigenvalue weighted by molar-refractivity contribution is 7.47. The summed E-state index contributed by atoms with van der Waals surface area (Å²) in [6, 6.07) is 0. The third-order valence-corrected chi connectivity index (χ3v) is 15.3. The van der Waals surface area contributed by atoms with E-state index in [0.29, 0.717) is 25.7 Å². The van der Waals surface area contributed by atoms with Crippen LogP contribution in [0.25, 0.3) is 0 Å². The van der Waals surface area contributed by atoms with Gasteiger partial charge in [0.2, 0.25) is 0 Å². The third-order valence-electron chi connectivity index (χ3n) is 13.4. The molecule has 0 bridgehead atoms. The second-order valence-corrected chi connectivity index (χ2v) is 25.1. The number of aliphatic hydroxyl groups is 2. The summed E-state index contributed by atoms with van der Waals surface area (Å²) >= 11 is 0. The van der Waals surface area contributed by atoms with Gasteiger partial charge in [-0.1, -0.05) is 236 Å². The van der Waals surface area contributed by atoms with Crippen molar-refractivity contribution in [2.75, 3.05) is 39.6 Å². The Morgan fingerprint density at radius 2 is 0.591 bits per heavy atom. The normalized spacial score (nSPS) is 15.2. The molecule has 0 aromatic carbocycles. The molecule has 0 aliphatic rings. The van der Waals surface area contributed by atoms with E-state index >= 15 is 0 Å². The number of ether oxygens (including phenoxy) is 3. The van der Waals surface area contributed by atoms with Gasteiger partial charge in [-0.05, 0) is 141 Å². The topological polar surface area (TPSA) is 231 Å². The Morgan fingerprint density at radius 3 is 0.978 bits per heavy atom. The molecule has 0 aromatic heterocycles. The van der Waals surface area contributed by atoms with Gasteiger partial charge in [-0.2, -0.15) is 0 Å². The highest BCUT2D eigenvalue weighted by Crippen LogP contribution is 2.45. The Hall–Kier alpha value is -5.09. The van der Waals surface area contributed by atoms with E-state index in [1.54, 1.807) is 0 Å². The van der Waals surface area contributed by atoms with Crippen molar-refractivity contribution in [3.63, 3.8) is 0 Å². The first-order valence-electron chi connectivity index (χ1n) is 34.4. The lowest BCUT2D eigenvalue weighted by atomic mass is 10.1. The standard InChI is InChI=1S/C75H120O16P2/c1-4-7-10-13-16-19-22-25-28-31-34-37-40-43-46-49-52-55-58-61-73(78)85-64-70(76)65-87-92(81,82)88-66-71(77)67-89-93(83,84)90-69-72(91-75(80)63-60-57-54-51-48-45-42-39-36-33-30-27-24-21-18-15-12-9-6-3)68-86-74(79)62-59-56-53-50-47-44-41-38-35-32-29-26-23-20-17-14-11-8-5-2/h7-8,10-11,16-21,25-30,34-39,43-44,46-47,52,55,70-72,76-77H,4-6,9,12-15,22-24,31-33,40-42,45,48-51,53-54,56-69H2,1-3H3,(H,81,82)(H,83,84)/b10-7-,11-8-,19-16-,20-17-,21-18-,28-25-,29-26-,30-27-,37-34-,38-35-,39-36-,46-43-,47-44-,55-52-. The Balaban J connectivity index is 4.86. The average Bonchev–Trinajstić information content (AvgIpc) is 3.57. The van der Waals surface area contributed by atoms with Gasteiger partial charge in [0.05, 0.1) is 26.4 Å². The van der Waals surface area contributed by atoms with E-state index < -0.39 is 91.5 Å². The van der Waals surface area contributed by atoms with Crippen LogP contribution in [0.1, 0.15) is 226 Å². The van der Waals surface area contributed by atoms with Crippen LogP contribution in [-0.2, 0) is 55.8 Å².